The number of hydrogen-bond donors (Lipinski definition) is 1. The maximum atomic E-state index is 8.17. The minimum Gasteiger partial charge on any atom is -0.394 e. The van der Waals surface area contributed by atoms with Gasteiger partial charge in [-0.25, -0.2) is 0 Å². The highest BCUT2D eigenvalue weighted by Crippen LogP contribution is 1.81. The van der Waals surface area contributed by atoms with Gasteiger partial charge < -0.3 is 19.3 Å². The summed E-state index contributed by atoms with van der Waals surface area (Å²) in [6.07, 6.45) is 3.83. The van der Waals surface area contributed by atoms with Crippen molar-refractivity contribution in [1.29, 1.82) is 0 Å². The Balaban J connectivity index is -0.000000251. The zero-order valence-corrected chi connectivity index (χ0v) is 11.3. The van der Waals surface area contributed by atoms with Gasteiger partial charge in [-0.1, -0.05) is 27.4 Å². The molecule has 0 radical (unpaired) electrons. The average Bonchev–Trinajstić information content (AvgIpc) is 2.35. The third-order valence-corrected chi connectivity index (χ3v) is 1.54. The van der Waals surface area contributed by atoms with Crippen molar-refractivity contribution < 1.29 is 19.3 Å². The second-order valence-electron chi connectivity index (χ2n) is 3.31. The van der Waals surface area contributed by atoms with E-state index in [4.69, 9.17) is 19.3 Å². The van der Waals surface area contributed by atoms with E-state index in [-0.39, 0.29) is 14.0 Å². The fraction of sp³-hybridized carbons (Fsp3) is 0.857. The van der Waals surface area contributed by atoms with Crippen LogP contribution in [0, 0.1) is 0 Å². The topological polar surface area (TPSA) is 47.9 Å². The number of hydrogen-bond acceptors (Lipinski definition) is 4. The molecule has 0 aromatic carbocycles. The Morgan fingerprint density at radius 3 is 1.83 bits per heavy atom. The summed E-state index contributed by atoms with van der Waals surface area (Å²) < 4.78 is 15.1. The zero-order chi connectivity index (χ0) is 13.2. The van der Waals surface area contributed by atoms with E-state index >= 15 is 0 Å². The minimum atomic E-state index is 0. The molecule has 0 amide bonds. The summed E-state index contributed by atoms with van der Waals surface area (Å²) in [5, 5.41) is 8.17. The Kier molecular flexibility index (Phi) is 32.1. The van der Waals surface area contributed by atoms with Gasteiger partial charge in [-0.3, -0.25) is 0 Å². The molecule has 0 spiro atoms. The number of ether oxygens (including phenoxy) is 3. The lowest BCUT2D eigenvalue weighted by Gasteiger charge is -2.01. The Hall–Kier alpha value is -0.420. The zero-order valence-electron chi connectivity index (χ0n) is 11.3. The maximum absolute atomic E-state index is 8.17. The first kappa shape index (κ1) is 22.7. The third-order valence-electron chi connectivity index (χ3n) is 1.54. The van der Waals surface area contributed by atoms with E-state index in [1.165, 1.54) is 0 Å². The van der Waals surface area contributed by atoms with E-state index in [0.717, 1.165) is 26.1 Å². The van der Waals surface area contributed by atoms with Crippen molar-refractivity contribution in [3.8, 4) is 0 Å². The van der Waals surface area contributed by atoms with Gasteiger partial charge in [0.15, 0.2) is 0 Å². The Morgan fingerprint density at radius 1 is 0.889 bits per heavy atom. The van der Waals surface area contributed by atoms with Crippen LogP contribution in [0.4, 0.5) is 0 Å². The fourth-order valence-electron chi connectivity index (χ4n) is 0.842. The van der Waals surface area contributed by atoms with Gasteiger partial charge in [0.25, 0.3) is 0 Å². The monoisotopic (exact) mass is 264 g/mol. The molecule has 0 rings (SSSR count). The van der Waals surface area contributed by atoms with Crippen molar-refractivity contribution in [2.24, 2.45) is 0 Å². The smallest absolute Gasteiger partial charge is 0.0704 e. The Bertz CT molecular complexity index is 125. The lowest BCUT2D eigenvalue weighted by Crippen LogP contribution is -2.04. The number of aliphatic hydroxyl groups excluding tert-OH is 1. The first-order valence-corrected chi connectivity index (χ1v) is 6.28. The summed E-state index contributed by atoms with van der Waals surface area (Å²) in [5.74, 6) is 0. The lowest BCUT2D eigenvalue weighted by molar-refractivity contribution is 0.0588. The van der Waals surface area contributed by atoms with Gasteiger partial charge in [0.2, 0.25) is 0 Å². The van der Waals surface area contributed by atoms with E-state index in [1.54, 1.807) is 6.08 Å². The van der Waals surface area contributed by atoms with Gasteiger partial charge in [-0.05, 0) is 12.8 Å². The lowest BCUT2D eigenvalue weighted by atomic mass is 10.5. The molecule has 0 aliphatic carbocycles. The van der Waals surface area contributed by atoms with E-state index in [9.17, 15) is 0 Å². The normalized spacial score (nSPS) is 9.06. The Morgan fingerprint density at radius 2 is 1.39 bits per heavy atom. The maximum Gasteiger partial charge on any atom is 0.0704 e. The third kappa shape index (κ3) is 29.6. The minimum absolute atomic E-state index is 0. The molecule has 0 saturated carbocycles. The van der Waals surface area contributed by atoms with Crippen molar-refractivity contribution in [3.63, 3.8) is 0 Å². The van der Waals surface area contributed by atoms with Crippen LogP contribution >= 0.6 is 0 Å². The van der Waals surface area contributed by atoms with Crippen molar-refractivity contribution in [2.75, 3.05) is 46.2 Å². The summed E-state index contributed by atoms with van der Waals surface area (Å²) in [6, 6.07) is 0. The van der Waals surface area contributed by atoms with E-state index in [2.05, 4.69) is 13.5 Å². The quantitative estimate of drug-likeness (QED) is 0.460. The highest BCUT2D eigenvalue weighted by Gasteiger charge is 1.84. The molecule has 0 bridgehead atoms. The molecule has 0 aromatic rings. The first-order chi connectivity index (χ1) is 8.33. The van der Waals surface area contributed by atoms with Crippen LogP contribution in [-0.4, -0.2) is 51.4 Å². The van der Waals surface area contributed by atoms with E-state index in [0.29, 0.717) is 26.4 Å². The fourth-order valence-corrected chi connectivity index (χ4v) is 0.842. The molecule has 0 saturated heterocycles. The van der Waals surface area contributed by atoms with Crippen LogP contribution < -0.4 is 0 Å². The largest absolute Gasteiger partial charge is 0.394 e. The highest BCUT2D eigenvalue weighted by atomic mass is 16.5. The molecule has 0 fully saturated rings. The molecule has 0 atom stereocenters. The van der Waals surface area contributed by atoms with Crippen LogP contribution in [0.2, 0.25) is 0 Å². The summed E-state index contributed by atoms with van der Waals surface area (Å²) >= 11 is 0. The van der Waals surface area contributed by atoms with E-state index in [1.807, 2.05) is 6.92 Å². The van der Waals surface area contributed by atoms with Crippen molar-refractivity contribution >= 4 is 0 Å². The molecule has 4 nitrogen and oxygen atoms in total. The van der Waals surface area contributed by atoms with Crippen molar-refractivity contribution in [2.45, 2.75) is 34.1 Å². The molecule has 0 unspecified atom stereocenters. The Labute approximate surface area is 113 Å². The summed E-state index contributed by atoms with van der Waals surface area (Å²) in [7, 11) is 0. The molecule has 18 heavy (non-hydrogen) atoms. The van der Waals surface area contributed by atoms with Gasteiger partial charge in [-0.15, -0.1) is 6.58 Å². The second-order valence-corrected chi connectivity index (χ2v) is 3.31. The van der Waals surface area contributed by atoms with Gasteiger partial charge in [0, 0.05) is 13.2 Å². The average molecular weight is 264 g/mol. The highest BCUT2D eigenvalue weighted by molar-refractivity contribution is 4.63. The first-order valence-electron chi connectivity index (χ1n) is 6.28. The molecular formula is C14H32O4. The van der Waals surface area contributed by atoms with Crippen molar-refractivity contribution in [3.05, 3.63) is 12.7 Å². The molecule has 0 heterocycles. The van der Waals surface area contributed by atoms with Gasteiger partial charge >= 0.3 is 0 Å². The SMILES string of the molecule is C.C=CCOCCOCCC.CCCOCCO. The van der Waals surface area contributed by atoms with Crippen LogP contribution in [0.1, 0.15) is 34.1 Å². The predicted molar refractivity (Wildman–Crippen MR) is 77.1 cm³/mol. The predicted octanol–water partition coefficient (Wildman–Crippen LogP) is 2.66. The molecule has 0 aromatic heterocycles. The standard InChI is InChI=1S/C8H16O2.C5H12O2.CH4/c1-3-5-9-7-8-10-6-4-2;1-2-4-7-5-3-6;/h3H,1,4-8H2,2H3;6H,2-5H2,1H3;1H4. The molecule has 0 aliphatic heterocycles. The number of aliphatic hydroxyl groups is 1. The molecule has 1 N–H and O–H groups in total. The van der Waals surface area contributed by atoms with Gasteiger partial charge in [0.05, 0.1) is 33.0 Å². The summed E-state index contributed by atoms with van der Waals surface area (Å²) in [4.78, 5) is 0. The van der Waals surface area contributed by atoms with Crippen LogP contribution in [0.3, 0.4) is 0 Å². The molecule has 4 heteroatoms. The summed E-state index contributed by atoms with van der Waals surface area (Å²) in [5.41, 5.74) is 0. The van der Waals surface area contributed by atoms with Crippen LogP contribution in [0.5, 0.6) is 0 Å². The van der Waals surface area contributed by atoms with Crippen LogP contribution in [-0.2, 0) is 14.2 Å². The van der Waals surface area contributed by atoms with Crippen molar-refractivity contribution in [1.82, 2.24) is 0 Å². The summed E-state index contributed by atoms with van der Waals surface area (Å²) in [6.45, 7) is 11.9. The number of rotatable bonds is 11. The molecule has 0 aliphatic rings. The van der Waals surface area contributed by atoms with E-state index < -0.39 is 0 Å². The molecule has 112 valence electrons. The van der Waals surface area contributed by atoms with Crippen LogP contribution in [0.25, 0.3) is 0 Å². The second kappa shape index (κ2) is 25.4. The molecular weight excluding hydrogens is 232 g/mol. The van der Waals surface area contributed by atoms with Crippen LogP contribution in [0.15, 0.2) is 12.7 Å². The van der Waals surface area contributed by atoms with Gasteiger partial charge in [-0.2, -0.15) is 0 Å². The van der Waals surface area contributed by atoms with Gasteiger partial charge in [0.1, 0.15) is 0 Å².